The molecule has 0 amide bonds. The fraction of sp³-hybridized carbons (Fsp3) is 0.160. The minimum atomic E-state index is -0.367. The van der Waals surface area contributed by atoms with Crippen molar-refractivity contribution in [2.24, 2.45) is 0 Å². The number of carbonyl (C=O) groups excluding carboxylic acids is 1. The Bertz CT molecular complexity index is 1220. The molecule has 0 fully saturated rings. The lowest BCUT2D eigenvalue weighted by molar-refractivity contribution is 0.0528. The normalized spacial score (nSPS) is 10.6. The van der Waals surface area contributed by atoms with Gasteiger partial charge < -0.3 is 15.4 Å². The Labute approximate surface area is 202 Å². The topological polar surface area (TPSA) is 68.2 Å². The summed E-state index contributed by atoms with van der Waals surface area (Å²) in [5.41, 5.74) is 3.59. The molecule has 168 valence electrons. The van der Waals surface area contributed by atoms with Crippen LogP contribution in [0.4, 0.5) is 10.7 Å². The van der Waals surface area contributed by atoms with Gasteiger partial charge in [-0.3, -0.25) is 4.68 Å². The minimum absolute atomic E-state index is 0.311. The number of esters is 1. The Hall–Kier alpha value is -3.49. The third-order valence-corrected chi connectivity index (χ3v) is 6.06. The van der Waals surface area contributed by atoms with E-state index >= 15 is 0 Å². The average molecular weight is 477 g/mol. The molecule has 0 spiro atoms. The van der Waals surface area contributed by atoms with Crippen molar-refractivity contribution < 1.29 is 9.53 Å². The van der Waals surface area contributed by atoms with Crippen molar-refractivity contribution in [3.63, 3.8) is 0 Å². The van der Waals surface area contributed by atoms with Crippen LogP contribution in [0.2, 0.25) is 0 Å². The SMILES string of the molecule is CCOC(=O)c1cc(Cc2ccccc2)sc1NC(=S)Nc1cnn(Cc2ccccc2)c1. The first kappa shape index (κ1) is 22.7. The zero-order chi connectivity index (χ0) is 23.0. The second kappa shape index (κ2) is 10.9. The molecule has 0 radical (unpaired) electrons. The van der Waals surface area contributed by atoms with Crippen LogP contribution in [0, 0.1) is 0 Å². The van der Waals surface area contributed by atoms with Gasteiger partial charge in [-0.05, 0) is 36.3 Å². The number of nitrogens with zero attached hydrogens (tertiary/aromatic N) is 2. The van der Waals surface area contributed by atoms with E-state index < -0.39 is 0 Å². The van der Waals surface area contributed by atoms with Crippen molar-refractivity contribution in [2.75, 3.05) is 17.2 Å². The molecule has 6 nitrogen and oxygen atoms in total. The molecule has 0 atom stereocenters. The van der Waals surface area contributed by atoms with E-state index in [4.69, 9.17) is 17.0 Å². The molecule has 2 aromatic carbocycles. The Morgan fingerprint density at radius 3 is 2.45 bits per heavy atom. The van der Waals surface area contributed by atoms with Gasteiger partial charge >= 0.3 is 5.97 Å². The molecule has 0 unspecified atom stereocenters. The molecule has 4 aromatic rings. The molecule has 4 rings (SSSR count). The molecule has 0 aliphatic rings. The summed E-state index contributed by atoms with van der Waals surface area (Å²) in [4.78, 5) is 13.6. The third kappa shape index (κ3) is 6.27. The number of carbonyl (C=O) groups is 1. The number of thiophene rings is 1. The minimum Gasteiger partial charge on any atom is -0.462 e. The average Bonchev–Trinajstić information content (AvgIpc) is 3.41. The molecule has 0 aliphatic heterocycles. The zero-order valence-electron chi connectivity index (χ0n) is 18.2. The number of nitrogens with one attached hydrogen (secondary N) is 2. The summed E-state index contributed by atoms with van der Waals surface area (Å²) in [6.07, 6.45) is 4.34. The highest BCUT2D eigenvalue weighted by atomic mass is 32.1. The van der Waals surface area contributed by atoms with Crippen LogP contribution >= 0.6 is 23.6 Å². The first-order valence-corrected chi connectivity index (χ1v) is 11.8. The van der Waals surface area contributed by atoms with E-state index in [0.717, 1.165) is 22.5 Å². The summed E-state index contributed by atoms with van der Waals surface area (Å²) in [7, 11) is 0. The summed E-state index contributed by atoms with van der Waals surface area (Å²) in [6.45, 7) is 2.77. The highest BCUT2D eigenvalue weighted by Crippen LogP contribution is 2.31. The Morgan fingerprint density at radius 2 is 1.76 bits per heavy atom. The molecule has 8 heteroatoms. The van der Waals surface area contributed by atoms with Gasteiger partial charge in [-0.1, -0.05) is 60.7 Å². The molecule has 2 heterocycles. The summed E-state index contributed by atoms with van der Waals surface area (Å²) < 4.78 is 7.08. The van der Waals surface area contributed by atoms with Gasteiger partial charge in [0.25, 0.3) is 0 Å². The van der Waals surface area contributed by atoms with E-state index in [0.29, 0.717) is 28.8 Å². The van der Waals surface area contributed by atoms with Crippen molar-refractivity contribution in [2.45, 2.75) is 19.9 Å². The number of ether oxygens (including phenoxy) is 1. The smallest absolute Gasteiger partial charge is 0.341 e. The fourth-order valence-corrected chi connectivity index (χ4v) is 4.70. The number of hydrogen-bond acceptors (Lipinski definition) is 5. The predicted molar refractivity (Wildman–Crippen MR) is 137 cm³/mol. The summed E-state index contributed by atoms with van der Waals surface area (Å²) in [5, 5.41) is 11.7. The summed E-state index contributed by atoms with van der Waals surface area (Å²) in [6, 6.07) is 22.1. The summed E-state index contributed by atoms with van der Waals surface area (Å²) >= 11 is 7.00. The van der Waals surface area contributed by atoms with Crippen LogP contribution in [0.25, 0.3) is 0 Å². The quantitative estimate of drug-likeness (QED) is 0.256. The van der Waals surface area contributed by atoms with Gasteiger partial charge in [-0.25, -0.2) is 4.79 Å². The maximum atomic E-state index is 12.5. The van der Waals surface area contributed by atoms with Crippen LogP contribution in [0.5, 0.6) is 0 Å². The van der Waals surface area contributed by atoms with Crippen LogP contribution in [0.1, 0.15) is 33.3 Å². The Balaban J connectivity index is 1.44. The van der Waals surface area contributed by atoms with Crippen LogP contribution in [0.15, 0.2) is 79.1 Å². The standard InChI is InChI=1S/C25H24N4O2S2/c1-2-31-24(30)22-14-21(13-18-9-5-3-6-10-18)33-23(22)28-25(32)27-20-15-26-29(17-20)16-19-11-7-4-8-12-19/h3-12,14-15,17H,2,13,16H2,1H3,(H2,27,28,32). The number of hydrogen-bond donors (Lipinski definition) is 2. The molecule has 0 saturated heterocycles. The number of rotatable bonds is 8. The van der Waals surface area contributed by atoms with Crippen LogP contribution in [-0.4, -0.2) is 27.5 Å². The summed E-state index contributed by atoms with van der Waals surface area (Å²) in [5.74, 6) is -0.367. The van der Waals surface area contributed by atoms with Gasteiger partial charge in [0.1, 0.15) is 5.00 Å². The predicted octanol–water partition coefficient (Wildman–Crippen LogP) is 5.57. The highest BCUT2D eigenvalue weighted by molar-refractivity contribution is 7.80. The molecule has 0 saturated carbocycles. The van der Waals surface area contributed by atoms with Crippen molar-refractivity contribution >= 4 is 45.3 Å². The van der Waals surface area contributed by atoms with Crippen molar-refractivity contribution in [1.29, 1.82) is 0 Å². The van der Waals surface area contributed by atoms with Crippen LogP contribution < -0.4 is 10.6 Å². The van der Waals surface area contributed by atoms with Gasteiger partial charge in [0.05, 0.1) is 30.6 Å². The highest BCUT2D eigenvalue weighted by Gasteiger charge is 2.18. The van der Waals surface area contributed by atoms with E-state index in [9.17, 15) is 4.79 Å². The van der Waals surface area contributed by atoms with E-state index in [2.05, 4.69) is 40.0 Å². The van der Waals surface area contributed by atoms with Crippen molar-refractivity contribution in [3.8, 4) is 0 Å². The first-order valence-electron chi connectivity index (χ1n) is 10.6. The van der Waals surface area contributed by atoms with E-state index in [-0.39, 0.29) is 5.97 Å². The maximum absolute atomic E-state index is 12.5. The van der Waals surface area contributed by atoms with Crippen LogP contribution in [-0.2, 0) is 17.7 Å². The monoisotopic (exact) mass is 476 g/mol. The van der Waals surface area contributed by atoms with E-state index in [1.165, 1.54) is 16.9 Å². The lowest BCUT2D eigenvalue weighted by atomic mass is 10.1. The van der Waals surface area contributed by atoms with Gasteiger partial charge in [-0.15, -0.1) is 11.3 Å². The third-order valence-electron chi connectivity index (χ3n) is 4.81. The van der Waals surface area contributed by atoms with Crippen molar-refractivity contribution in [3.05, 3.63) is 101 Å². The van der Waals surface area contributed by atoms with Gasteiger partial charge in [0, 0.05) is 17.5 Å². The van der Waals surface area contributed by atoms with Crippen LogP contribution in [0.3, 0.4) is 0 Å². The largest absolute Gasteiger partial charge is 0.462 e. The Kier molecular flexibility index (Phi) is 7.49. The fourth-order valence-electron chi connectivity index (χ4n) is 3.33. The van der Waals surface area contributed by atoms with Gasteiger partial charge in [0.2, 0.25) is 0 Å². The molecule has 2 aromatic heterocycles. The molecule has 33 heavy (non-hydrogen) atoms. The Morgan fingerprint density at radius 1 is 1.06 bits per heavy atom. The van der Waals surface area contributed by atoms with E-state index in [1.807, 2.05) is 53.3 Å². The number of aromatic nitrogens is 2. The second-order valence-electron chi connectivity index (χ2n) is 7.33. The molecule has 2 N–H and O–H groups in total. The number of thiocarbonyl (C=S) groups is 1. The van der Waals surface area contributed by atoms with Gasteiger partial charge in [-0.2, -0.15) is 5.10 Å². The first-order chi connectivity index (χ1) is 16.1. The van der Waals surface area contributed by atoms with Gasteiger partial charge in [0.15, 0.2) is 5.11 Å². The van der Waals surface area contributed by atoms with E-state index in [1.54, 1.807) is 13.1 Å². The maximum Gasteiger partial charge on any atom is 0.341 e. The second-order valence-corrected chi connectivity index (χ2v) is 8.87. The van der Waals surface area contributed by atoms with Crippen molar-refractivity contribution in [1.82, 2.24) is 9.78 Å². The molecular formula is C25H24N4O2S2. The number of anilines is 2. The lowest BCUT2D eigenvalue weighted by Crippen LogP contribution is -2.19. The molecule has 0 bridgehead atoms. The molecule has 0 aliphatic carbocycles. The molecular weight excluding hydrogens is 452 g/mol. The number of benzene rings is 2. The lowest BCUT2D eigenvalue weighted by Gasteiger charge is -2.09. The zero-order valence-corrected chi connectivity index (χ0v) is 19.8.